The van der Waals surface area contributed by atoms with E-state index in [1.807, 2.05) is 6.92 Å². The zero-order valence-electron chi connectivity index (χ0n) is 11.9. The van der Waals surface area contributed by atoms with Crippen LogP contribution in [-0.4, -0.2) is 31.3 Å². The first-order valence-electron chi connectivity index (χ1n) is 6.70. The largest absolute Gasteiger partial charge is 0.508 e. The molecular formula is C16H16O6. The number of carbonyl (C=O) groups excluding carboxylic acids is 1. The number of benzene rings is 2. The molecule has 0 amide bonds. The number of hydrogen-bond acceptors (Lipinski definition) is 6. The van der Waals surface area contributed by atoms with Crippen LogP contribution in [0.5, 0.6) is 28.7 Å². The molecule has 2 rings (SSSR count). The van der Waals surface area contributed by atoms with Crippen LogP contribution in [-0.2, 0) is 6.42 Å². The second-order valence-corrected chi connectivity index (χ2v) is 4.91. The van der Waals surface area contributed by atoms with Crippen LogP contribution in [0, 0.1) is 0 Å². The van der Waals surface area contributed by atoms with Crippen LogP contribution < -0.4 is 0 Å². The van der Waals surface area contributed by atoms with Crippen molar-refractivity contribution in [2.45, 2.75) is 19.8 Å². The zero-order valence-corrected chi connectivity index (χ0v) is 11.9. The van der Waals surface area contributed by atoms with Crippen molar-refractivity contribution in [1.82, 2.24) is 0 Å². The molecule has 0 aliphatic heterocycles. The highest BCUT2D eigenvalue weighted by Crippen LogP contribution is 2.42. The highest BCUT2D eigenvalue weighted by molar-refractivity contribution is 6.13. The van der Waals surface area contributed by atoms with Gasteiger partial charge in [0.15, 0.2) is 11.5 Å². The van der Waals surface area contributed by atoms with E-state index in [2.05, 4.69) is 0 Å². The Hall–Kier alpha value is -2.89. The molecule has 0 fully saturated rings. The van der Waals surface area contributed by atoms with Crippen LogP contribution in [0.3, 0.4) is 0 Å². The number of phenolic OH excluding ortho intramolecular Hbond substituents is 5. The van der Waals surface area contributed by atoms with Crippen molar-refractivity contribution >= 4 is 5.78 Å². The van der Waals surface area contributed by atoms with Gasteiger partial charge < -0.3 is 25.5 Å². The average molecular weight is 304 g/mol. The fourth-order valence-corrected chi connectivity index (χ4v) is 2.19. The smallest absolute Gasteiger partial charge is 0.201 e. The second-order valence-electron chi connectivity index (χ2n) is 4.91. The number of hydrogen-bond donors (Lipinski definition) is 5. The number of aromatic hydroxyl groups is 5. The Morgan fingerprint density at radius 3 is 2.18 bits per heavy atom. The first kappa shape index (κ1) is 15.5. The predicted molar refractivity (Wildman–Crippen MR) is 78.6 cm³/mol. The molecule has 0 spiro atoms. The monoisotopic (exact) mass is 304 g/mol. The molecule has 0 radical (unpaired) electrons. The second kappa shape index (κ2) is 5.85. The Bertz CT molecular complexity index is 736. The van der Waals surface area contributed by atoms with Crippen LogP contribution in [0.25, 0.3) is 0 Å². The molecule has 0 heterocycles. The summed E-state index contributed by atoms with van der Waals surface area (Å²) < 4.78 is 0. The van der Waals surface area contributed by atoms with Crippen molar-refractivity contribution in [2.24, 2.45) is 0 Å². The minimum atomic E-state index is -0.771. The Morgan fingerprint density at radius 1 is 0.909 bits per heavy atom. The van der Waals surface area contributed by atoms with E-state index in [9.17, 15) is 30.3 Å². The molecule has 0 aliphatic carbocycles. The van der Waals surface area contributed by atoms with Crippen LogP contribution in [0.2, 0.25) is 0 Å². The maximum absolute atomic E-state index is 12.4. The molecular weight excluding hydrogens is 288 g/mol. The molecule has 0 aliphatic rings. The summed E-state index contributed by atoms with van der Waals surface area (Å²) in [5.41, 5.74) is -0.0557. The van der Waals surface area contributed by atoms with Crippen molar-refractivity contribution in [1.29, 1.82) is 0 Å². The lowest BCUT2D eigenvalue weighted by atomic mass is 9.96. The van der Waals surface area contributed by atoms with E-state index in [1.165, 1.54) is 18.2 Å². The summed E-state index contributed by atoms with van der Waals surface area (Å²) in [6, 6.07) is 4.70. The molecule has 5 N–H and O–H groups in total. The van der Waals surface area contributed by atoms with Gasteiger partial charge in [0.05, 0.1) is 11.1 Å². The van der Waals surface area contributed by atoms with Crippen LogP contribution >= 0.6 is 0 Å². The van der Waals surface area contributed by atoms with Gasteiger partial charge in [-0.1, -0.05) is 13.3 Å². The maximum Gasteiger partial charge on any atom is 0.201 e. The lowest BCUT2D eigenvalue weighted by Crippen LogP contribution is -2.04. The standard InChI is InChI=1S/C16H16O6/c1-2-3-8-6-11(15(21)16(22)13(8)19)14(20)10-5-4-9(17)7-12(10)18/h4-7,17-19,21-22H,2-3H2,1H3. The molecule has 0 saturated carbocycles. The lowest BCUT2D eigenvalue weighted by Gasteiger charge is -2.12. The van der Waals surface area contributed by atoms with Gasteiger partial charge in [-0.25, -0.2) is 0 Å². The fourth-order valence-electron chi connectivity index (χ4n) is 2.19. The van der Waals surface area contributed by atoms with Crippen molar-refractivity contribution in [3.05, 3.63) is 41.0 Å². The van der Waals surface area contributed by atoms with E-state index in [1.54, 1.807) is 0 Å². The normalized spacial score (nSPS) is 10.6. The molecule has 0 aromatic heterocycles. The molecule has 2 aromatic rings. The molecule has 6 nitrogen and oxygen atoms in total. The number of aryl methyl sites for hydroxylation is 1. The van der Waals surface area contributed by atoms with Crippen LogP contribution in [0.1, 0.15) is 34.8 Å². The van der Waals surface area contributed by atoms with Crippen molar-refractivity contribution in [3.8, 4) is 28.7 Å². The van der Waals surface area contributed by atoms with E-state index in [4.69, 9.17) is 0 Å². The highest BCUT2D eigenvalue weighted by Gasteiger charge is 2.23. The van der Waals surface area contributed by atoms with Gasteiger partial charge in [0.1, 0.15) is 11.5 Å². The summed E-state index contributed by atoms with van der Waals surface area (Å²) in [6.45, 7) is 1.86. The zero-order chi connectivity index (χ0) is 16.4. The van der Waals surface area contributed by atoms with Crippen molar-refractivity contribution in [2.75, 3.05) is 0 Å². The number of ketones is 1. The van der Waals surface area contributed by atoms with Crippen molar-refractivity contribution in [3.63, 3.8) is 0 Å². The van der Waals surface area contributed by atoms with Gasteiger partial charge in [-0.15, -0.1) is 0 Å². The van der Waals surface area contributed by atoms with E-state index in [-0.39, 0.29) is 16.9 Å². The van der Waals surface area contributed by atoms with E-state index >= 15 is 0 Å². The summed E-state index contributed by atoms with van der Waals surface area (Å²) >= 11 is 0. The minimum Gasteiger partial charge on any atom is -0.508 e. The van der Waals surface area contributed by atoms with E-state index in [0.717, 1.165) is 6.07 Å². The van der Waals surface area contributed by atoms with Gasteiger partial charge in [-0.3, -0.25) is 4.79 Å². The third-order valence-electron chi connectivity index (χ3n) is 3.32. The Morgan fingerprint density at radius 2 is 1.59 bits per heavy atom. The highest BCUT2D eigenvalue weighted by atomic mass is 16.3. The molecule has 0 bridgehead atoms. The van der Waals surface area contributed by atoms with Gasteiger partial charge in [-0.2, -0.15) is 0 Å². The molecule has 2 aromatic carbocycles. The molecule has 0 unspecified atom stereocenters. The van der Waals surface area contributed by atoms with Gasteiger partial charge in [0.2, 0.25) is 11.5 Å². The fraction of sp³-hybridized carbons (Fsp3) is 0.188. The SMILES string of the molecule is CCCc1cc(C(=O)c2ccc(O)cc2O)c(O)c(O)c1O. The minimum absolute atomic E-state index is 0.138. The summed E-state index contributed by atoms with van der Waals surface area (Å²) in [7, 11) is 0. The molecule has 0 atom stereocenters. The summed E-state index contributed by atoms with van der Waals surface area (Å²) in [5, 5.41) is 48.4. The lowest BCUT2D eigenvalue weighted by molar-refractivity contribution is 0.103. The Balaban J connectivity index is 2.58. The average Bonchev–Trinajstić information content (AvgIpc) is 2.47. The number of phenols is 5. The molecule has 6 heteroatoms. The third kappa shape index (κ3) is 2.63. The first-order valence-corrected chi connectivity index (χ1v) is 6.70. The third-order valence-corrected chi connectivity index (χ3v) is 3.32. The number of carbonyl (C=O) groups is 1. The van der Waals surface area contributed by atoms with Gasteiger partial charge in [0, 0.05) is 6.07 Å². The number of rotatable bonds is 4. The quantitative estimate of drug-likeness (QED) is 0.437. The van der Waals surface area contributed by atoms with Gasteiger partial charge >= 0.3 is 0 Å². The van der Waals surface area contributed by atoms with Crippen LogP contribution in [0.4, 0.5) is 0 Å². The molecule has 116 valence electrons. The first-order chi connectivity index (χ1) is 10.4. The molecule has 22 heavy (non-hydrogen) atoms. The topological polar surface area (TPSA) is 118 Å². The Kier molecular flexibility index (Phi) is 4.12. The van der Waals surface area contributed by atoms with Gasteiger partial charge in [0.25, 0.3) is 0 Å². The van der Waals surface area contributed by atoms with Crippen molar-refractivity contribution < 1.29 is 30.3 Å². The summed E-state index contributed by atoms with van der Waals surface area (Å²) in [6.07, 6.45) is 1.07. The summed E-state index contributed by atoms with van der Waals surface area (Å²) in [4.78, 5) is 12.4. The molecule has 0 saturated heterocycles. The van der Waals surface area contributed by atoms with E-state index in [0.29, 0.717) is 18.4 Å². The van der Waals surface area contributed by atoms with E-state index < -0.39 is 28.8 Å². The van der Waals surface area contributed by atoms with Gasteiger partial charge in [-0.05, 0) is 30.2 Å². The van der Waals surface area contributed by atoms with Crippen LogP contribution in [0.15, 0.2) is 24.3 Å². The predicted octanol–water partition coefficient (Wildman–Crippen LogP) is 2.40. The maximum atomic E-state index is 12.4. The summed E-state index contributed by atoms with van der Waals surface area (Å²) in [5.74, 6) is -3.39. The Labute approximate surface area is 126 Å².